The average Bonchev–Trinajstić information content (AvgIpc) is 2.86. The van der Waals surface area contributed by atoms with Crippen molar-refractivity contribution in [2.45, 2.75) is 32.1 Å². The smallest absolute Gasteiger partial charge is 0.243 e. The first-order valence-corrected chi connectivity index (χ1v) is 11.3. The summed E-state index contributed by atoms with van der Waals surface area (Å²) in [6.45, 7) is 7.29. The van der Waals surface area contributed by atoms with Crippen molar-refractivity contribution in [3.8, 4) is 6.07 Å². The molecule has 0 saturated carbocycles. The van der Waals surface area contributed by atoms with Crippen molar-refractivity contribution >= 4 is 21.8 Å². The molecule has 0 bridgehead atoms. The molecule has 8 nitrogen and oxygen atoms in total. The summed E-state index contributed by atoms with van der Waals surface area (Å²) in [6, 6.07) is 8.87. The van der Waals surface area contributed by atoms with E-state index in [1.807, 2.05) is 17.9 Å². The van der Waals surface area contributed by atoms with Crippen LogP contribution in [0.25, 0.3) is 0 Å². The lowest BCUT2D eigenvalue weighted by molar-refractivity contribution is -0.117. The van der Waals surface area contributed by atoms with E-state index in [2.05, 4.69) is 5.32 Å². The minimum absolute atomic E-state index is 0.0993. The molecule has 0 spiro atoms. The third kappa shape index (κ3) is 4.73. The maximum absolute atomic E-state index is 12.9. The van der Waals surface area contributed by atoms with Gasteiger partial charge in [-0.2, -0.15) is 9.57 Å². The number of amides is 1. The van der Waals surface area contributed by atoms with E-state index < -0.39 is 10.0 Å². The first-order chi connectivity index (χ1) is 14.2. The van der Waals surface area contributed by atoms with E-state index in [0.29, 0.717) is 49.5 Å². The highest BCUT2D eigenvalue weighted by Crippen LogP contribution is 2.25. The second-order valence-corrected chi connectivity index (χ2v) is 9.43. The van der Waals surface area contributed by atoms with Crippen LogP contribution in [0.5, 0.6) is 0 Å². The lowest BCUT2D eigenvalue weighted by Gasteiger charge is -2.21. The van der Waals surface area contributed by atoms with E-state index in [4.69, 9.17) is 4.42 Å². The van der Waals surface area contributed by atoms with Crippen LogP contribution in [0.3, 0.4) is 0 Å². The minimum Gasteiger partial charge on any atom is -0.444 e. The van der Waals surface area contributed by atoms with Crippen molar-refractivity contribution in [3.63, 3.8) is 0 Å². The minimum atomic E-state index is -3.56. The Morgan fingerprint density at radius 3 is 2.50 bits per heavy atom. The molecular formula is C21H26N4O4S. The Bertz CT molecular complexity index is 1070. The monoisotopic (exact) mass is 430 g/mol. The quantitative estimate of drug-likeness (QED) is 0.781. The molecule has 9 heteroatoms. The van der Waals surface area contributed by atoms with Crippen molar-refractivity contribution in [3.05, 3.63) is 46.7 Å². The maximum atomic E-state index is 12.9. The molecule has 160 valence electrons. The van der Waals surface area contributed by atoms with Crippen molar-refractivity contribution < 1.29 is 17.6 Å². The van der Waals surface area contributed by atoms with Crippen LogP contribution >= 0.6 is 0 Å². The molecular weight excluding hydrogens is 404 g/mol. The highest BCUT2D eigenvalue weighted by Gasteiger charge is 2.27. The van der Waals surface area contributed by atoms with Gasteiger partial charge in [0.1, 0.15) is 17.4 Å². The molecule has 1 aromatic heterocycles. The zero-order chi connectivity index (χ0) is 21.9. The number of nitrogens with one attached hydrogen (secondary N) is 1. The van der Waals surface area contributed by atoms with E-state index in [1.54, 1.807) is 38.1 Å². The molecule has 1 aliphatic heterocycles. The van der Waals surface area contributed by atoms with Crippen LogP contribution in [0.1, 0.15) is 28.9 Å². The van der Waals surface area contributed by atoms with Gasteiger partial charge < -0.3 is 4.42 Å². The largest absolute Gasteiger partial charge is 0.444 e. The predicted octanol–water partition coefficient (Wildman–Crippen LogP) is 2.41. The van der Waals surface area contributed by atoms with E-state index >= 15 is 0 Å². The lowest BCUT2D eigenvalue weighted by Crippen LogP contribution is -2.38. The first kappa shape index (κ1) is 22.0. The molecule has 1 saturated heterocycles. The van der Waals surface area contributed by atoms with Gasteiger partial charge in [-0.25, -0.2) is 8.42 Å². The summed E-state index contributed by atoms with van der Waals surface area (Å²) in [4.78, 5) is 14.7. The van der Waals surface area contributed by atoms with Gasteiger partial charge in [0, 0.05) is 25.2 Å². The Labute approximate surface area is 177 Å². The summed E-state index contributed by atoms with van der Waals surface area (Å²) < 4.78 is 32.8. The van der Waals surface area contributed by atoms with Crippen LogP contribution in [0, 0.1) is 32.1 Å². The van der Waals surface area contributed by atoms with Crippen LogP contribution in [0.2, 0.25) is 0 Å². The van der Waals surface area contributed by atoms with Gasteiger partial charge in [0.15, 0.2) is 0 Å². The highest BCUT2D eigenvalue weighted by atomic mass is 32.2. The summed E-state index contributed by atoms with van der Waals surface area (Å²) in [6.07, 6.45) is 0.626. The van der Waals surface area contributed by atoms with Gasteiger partial charge in [0.2, 0.25) is 21.8 Å². The molecule has 2 heterocycles. The summed E-state index contributed by atoms with van der Waals surface area (Å²) in [5, 5.41) is 11.9. The number of anilines is 1. The standard InChI is InChI=1S/C21H26N4O4S/c1-15-5-7-18(8-6-15)30(27,28)25-10-4-9-24(11-12-25)14-20(26)23-21-19(13-22)16(2)17(3)29-21/h5-8H,4,9-12,14H2,1-3H3,(H,23,26). The molecule has 3 rings (SSSR count). The van der Waals surface area contributed by atoms with Gasteiger partial charge in [0.25, 0.3) is 0 Å². The molecule has 0 unspecified atom stereocenters. The molecule has 0 aliphatic carbocycles. The molecule has 1 amide bonds. The van der Waals surface area contributed by atoms with Crippen LogP contribution in [-0.2, 0) is 14.8 Å². The Hall–Kier alpha value is -2.67. The number of aryl methyl sites for hydroxylation is 2. The number of carbonyl (C=O) groups excluding carboxylic acids is 1. The second kappa shape index (κ2) is 9.00. The summed E-state index contributed by atoms with van der Waals surface area (Å²) in [5.74, 6) is 0.458. The first-order valence-electron chi connectivity index (χ1n) is 9.81. The number of hydrogen-bond acceptors (Lipinski definition) is 6. The van der Waals surface area contributed by atoms with E-state index in [0.717, 1.165) is 5.56 Å². The van der Waals surface area contributed by atoms with Gasteiger partial charge in [-0.3, -0.25) is 15.0 Å². The van der Waals surface area contributed by atoms with Gasteiger partial charge >= 0.3 is 0 Å². The van der Waals surface area contributed by atoms with Gasteiger partial charge in [0.05, 0.1) is 11.4 Å². The number of carbonyl (C=O) groups is 1. The zero-order valence-corrected chi connectivity index (χ0v) is 18.3. The molecule has 0 radical (unpaired) electrons. The Morgan fingerprint density at radius 2 is 1.83 bits per heavy atom. The number of rotatable bonds is 5. The highest BCUT2D eigenvalue weighted by molar-refractivity contribution is 7.89. The second-order valence-electron chi connectivity index (χ2n) is 7.49. The van der Waals surface area contributed by atoms with Crippen LogP contribution in [-0.4, -0.2) is 56.3 Å². The number of nitrogens with zero attached hydrogens (tertiary/aromatic N) is 3. The fraction of sp³-hybridized carbons (Fsp3) is 0.429. The predicted molar refractivity (Wildman–Crippen MR) is 113 cm³/mol. The van der Waals surface area contributed by atoms with Crippen LogP contribution < -0.4 is 5.32 Å². The third-order valence-electron chi connectivity index (χ3n) is 5.32. The Balaban J connectivity index is 1.61. The molecule has 0 atom stereocenters. The van der Waals surface area contributed by atoms with Crippen molar-refractivity contribution in [2.24, 2.45) is 0 Å². The fourth-order valence-electron chi connectivity index (χ4n) is 3.42. The normalized spacial score (nSPS) is 16.1. The fourth-order valence-corrected chi connectivity index (χ4v) is 4.89. The van der Waals surface area contributed by atoms with E-state index in [-0.39, 0.29) is 23.2 Å². The summed E-state index contributed by atoms with van der Waals surface area (Å²) in [7, 11) is -3.56. The molecule has 2 aromatic rings. The average molecular weight is 431 g/mol. The van der Waals surface area contributed by atoms with E-state index in [1.165, 1.54) is 4.31 Å². The maximum Gasteiger partial charge on any atom is 0.243 e. The Kier molecular flexibility index (Phi) is 6.61. The van der Waals surface area contributed by atoms with Crippen molar-refractivity contribution in [1.29, 1.82) is 5.26 Å². The molecule has 1 fully saturated rings. The third-order valence-corrected chi connectivity index (χ3v) is 7.24. The molecule has 1 aromatic carbocycles. The van der Waals surface area contributed by atoms with Gasteiger partial charge in [-0.15, -0.1) is 0 Å². The molecule has 30 heavy (non-hydrogen) atoms. The van der Waals surface area contributed by atoms with E-state index in [9.17, 15) is 18.5 Å². The summed E-state index contributed by atoms with van der Waals surface area (Å²) in [5.41, 5.74) is 2.04. The number of benzene rings is 1. The van der Waals surface area contributed by atoms with Crippen LogP contribution in [0.4, 0.5) is 5.88 Å². The summed E-state index contributed by atoms with van der Waals surface area (Å²) >= 11 is 0. The number of furan rings is 1. The zero-order valence-electron chi connectivity index (χ0n) is 17.4. The molecule has 1 aliphatic rings. The topological polar surface area (TPSA) is 107 Å². The number of nitriles is 1. The number of sulfonamides is 1. The van der Waals surface area contributed by atoms with Crippen molar-refractivity contribution in [2.75, 3.05) is 38.0 Å². The molecule has 1 N–H and O–H groups in total. The SMILES string of the molecule is Cc1ccc(S(=O)(=O)N2CCCN(CC(=O)Nc3oc(C)c(C)c3C#N)CC2)cc1. The Morgan fingerprint density at radius 1 is 1.13 bits per heavy atom. The number of hydrogen-bond donors (Lipinski definition) is 1. The van der Waals surface area contributed by atoms with Crippen molar-refractivity contribution in [1.82, 2.24) is 9.21 Å². The van der Waals surface area contributed by atoms with Gasteiger partial charge in [-0.1, -0.05) is 17.7 Å². The lowest BCUT2D eigenvalue weighted by atomic mass is 10.2. The van der Waals surface area contributed by atoms with Gasteiger partial charge in [-0.05, 0) is 45.9 Å². The van der Waals surface area contributed by atoms with Crippen LogP contribution in [0.15, 0.2) is 33.6 Å².